The van der Waals surface area contributed by atoms with Gasteiger partial charge in [0.1, 0.15) is 0 Å². The van der Waals surface area contributed by atoms with E-state index < -0.39 is 0 Å². The SMILES string of the molecule is CC1(C)O[C@@H]1CC[C@@]1(C)C=C(/C=C/C=C/C2=C[C@](C)(CC[C@H]3OC3(C)C)[C@H](O)CC2)CC[C@H]1O. The largest absolute Gasteiger partial charge is 0.392 e. The second-order valence-corrected chi connectivity index (χ2v) is 12.8. The molecule has 2 heterocycles. The average molecular weight is 471 g/mol. The van der Waals surface area contributed by atoms with Crippen molar-refractivity contribution < 1.29 is 19.7 Å². The van der Waals surface area contributed by atoms with Gasteiger partial charge in [-0.15, -0.1) is 0 Å². The molecular weight excluding hydrogens is 424 g/mol. The molecule has 0 bridgehead atoms. The number of hydrogen-bond donors (Lipinski definition) is 2. The third-order valence-corrected chi connectivity index (χ3v) is 8.92. The molecule has 0 unspecified atom stereocenters. The number of aliphatic hydroxyl groups is 2. The molecule has 190 valence electrons. The molecule has 0 aromatic carbocycles. The smallest absolute Gasteiger partial charge is 0.0892 e. The molecule has 34 heavy (non-hydrogen) atoms. The molecular formula is C30H46O4. The monoisotopic (exact) mass is 470 g/mol. The standard InChI is InChI=1S/C30H46O4/c1-27(2)25(33-27)15-17-29(5)19-21(11-13-23(29)31)9-7-8-10-22-12-14-24(32)30(6,20-22)18-16-26-28(3,4)34-26/h7-10,19-20,23-26,31-32H,11-18H2,1-6H3/b9-7+,10-8+/t23-,24-,25-,26-,29+,30+/m1/s1. The van der Waals surface area contributed by atoms with Gasteiger partial charge in [-0.25, -0.2) is 0 Å². The van der Waals surface area contributed by atoms with Crippen molar-refractivity contribution in [2.75, 3.05) is 0 Å². The molecule has 0 amide bonds. The molecule has 4 nitrogen and oxygen atoms in total. The zero-order valence-electron chi connectivity index (χ0n) is 22.1. The third kappa shape index (κ3) is 5.95. The normalized spacial score (nSPS) is 40.9. The summed E-state index contributed by atoms with van der Waals surface area (Å²) in [5.74, 6) is 0. The zero-order valence-corrected chi connectivity index (χ0v) is 22.1. The molecule has 2 fully saturated rings. The van der Waals surface area contributed by atoms with Crippen molar-refractivity contribution in [2.24, 2.45) is 10.8 Å². The Hall–Kier alpha value is -1.20. The van der Waals surface area contributed by atoms with Gasteiger partial charge in [-0.3, -0.25) is 0 Å². The van der Waals surface area contributed by atoms with Crippen molar-refractivity contribution in [2.45, 2.75) is 129 Å². The van der Waals surface area contributed by atoms with Crippen molar-refractivity contribution in [1.29, 1.82) is 0 Å². The van der Waals surface area contributed by atoms with Crippen LogP contribution in [0.5, 0.6) is 0 Å². The highest BCUT2D eigenvalue weighted by Crippen LogP contribution is 2.46. The highest BCUT2D eigenvalue weighted by Gasteiger charge is 2.49. The lowest BCUT2D eigenvalue weighted by Gasteiger charge is -2.36. The van der Waals surface area contributed by atoms with Gasteiger partial charge < -0.3 is 19.7 Å². The van der Waals surface area contributed by atoms with Gasteiger partial charge in [-0.05, 0) is 79.1 Å². The number of hydrogen-bond acceptors (Lipinski definition) is 4. The quantitative estimate of drug-likeness (QED) is 0.311. The lowest BCUT2D eigenvalue weighted by atomic mass is 9.72. The lowest BCUT2D eigenvalue weighted by molar-refractivity contribution is 0.0474. The first kappa shape index (κ1) is 25.9. The molecule has 2 aliphatic heterocycles. The molecule has 4 heteroatoms. The Labute approximate surface area is 206 Å². The Balaban J connectivity index is 1.34. The van der Waals surface area contributed by atoms with Crippen LogP contribution in [0.1, 0.15) is 92.9 Å². The van der Waals surface area contributed by atoms with E-state index in [-0.39, 0.29) is 34.2 Å². The van der Waals surface area contributed by atoms with E-state index in [0.717, 1.165) is 51.4 Å². The Morgan fingerprint density at radius 2 is 1.09 bits per heavy atom. The summed E-state index contributed by atoms with van der Waals surface area (Å²) in [4.78, 5) is 0. The molecule has 0 aromatic rings. The predicted molar refractivity (Wildman–Crippen MR) is 138 cm³/mol. The van der Waals surface area contributed by atoms with E-state index in [2.05, 4.69) is 78.0 Å². The Kier molecular flexibility index (Phi) is 7.12. The lowest BCUT2D eigenvalue weighted by Crippen LogP contribution is -2.34. The first-order valence-corrected chi connectivity index (χ1v) is 13.3. The van der Waals surface area contributed by atoms with Crippen LogP contribution in [-0.2, 0) is 9.47 Å². The van der Waals surface area contributed by atoms with Crippen LogP contribution in [0, 0.1) is 10.8 Å². The van der Waals surface area contributed by atoms with Gasteiger partial charge >= 0.3 is 0 Å². The highest BCUT2D eigenvalue weighted by atomic mass is 16.6. The van der Waals surface area contributed by atoms with Gasteiger partial charge in [0.05, 0.1) is 35.6 Å². The molecule has 2 N–H and O–H groups in total. The fourth-order valence-corrected chi connectivity index (χ4v) is 5.91. The molecule has 4 aliphatic rings. The summed E-state index contributed by atoms with van der Waals surface area (Å²) in [6, 6.07) is 0. The highest BCUT2D eigenvalue weighted by molar-refractivity contribution is 5.32. The van der Waals surface area contributed by atoms with E-state index >= 15 is 0 Å². The topological polar surface area (TPSA) is 65.5 Å². The fourth-order valence-electron chi connectivity index (χ4n) is 5.91. The summed E-state index contributed by atoms with van der Waals surface area (Å²) in [6.07, 6.45) is 20.6. The minimum atomic E-state index is -0.287. The minimum absolute atomic E-state index is 0.00934. The van der Waals surface area contributed by atoms with Gasteiger partial charge in [-0.1, -0.05) is 61.4 Å². The third-order valence-electron chi connectivity index (χ3n) is 8.92. The molecule has 2 saturated heterocycles. The first-order chi connectivity index (χ1) is 15.8. The molecule has 2 aliphatic carbocycles. The maximum atomic E-state index is 10.7. The fraction of sp³-hybridized carbons (Fsp3) is 0.733. The molecule has 0 spiro atoms. The summed E-state index contributed by atoms with van der Waals surface area (Å²) < 4.78 is 11.5. The van der Waals surface area contributed by atoms with Crippen LogP contribution in [0.4, 0.5) is 0 Å². The van der Waals surface area contributed by atoms with Crippen LogP contribution in [0.15, 0.2) is 47.6 Å². The Morgan fingerprint density at radius 1 is 0.735 bits per heavy atom. The van der Waals surface area contributed by atoms with Gasteiger partial charge in [0.15, 0.2) is 0 Å². The van der Waals surface area contributed by atoms with Crippen molar-refractivity contribution in [3.63, 3.8) is 0 Å². The van der Waals surface area contributed by atoms with Crippen molar-refractivity contribution in [3.8, 4) is 0 Å². The second kappa shape index (κ2) is 9.35. The van der Waals surface area contributed by atoms with Gasteiger partial charge in [-0.2, -0.15) is 0 Å². The number of allylic oxidation sites excluding steroid dienone is 6. The maximum Gasteiger partial charge on any atom is 0.0892 e. The Morgan fingerprint density at radius 3 is 1.41 bits per heavy atom. The van der Waals surface area contributed by atoms with Gasteiger partial charge in [0.2, 0.25) is 0 Å². The van der Waals surface area contributed by atoms with Gasteiger partial charge in [0, 0.05) is 10.8 Å². The van der Waals surface area contributed by atoms with E-state index in [4.69, 9.17) is 9.47 Å². The van der Waals surface area contributed by atoms with Crippen LogP contribution in [-0.4, -0.2) is 45.8 Å². The molecule has 0 saturated carbocycles. The van der Waals surface area contributed by atoms with Crippen LogP contribution < -0.4 is 0 Å². The maximum absolute atomic E-state index is 10.7. The van der Waals surface area contributed by atoms with Crippen molar-refractivity contribution in [3.05, 3.63) is 47.6 Å². The number of aliphatic hydroxyl groups excluding tert-OH is 2. The van der Waals surface area contributed by atoms with E-state index in [0.29, 0.717) is 12.2 Å². The first-order valence-electron chi connectivity index (χ1n) is 13.3. The molecule has 0 radical (unpaired) electrons. The van der Waals surface area contributed by atoms with Crippen LogP contribution in [0.2, 0.25) is 0 Å². The summed E-state index contributed by atoms with van der Waals surface area (Å²) >= 11 is 0. The number of ether oxygens (including phenoxy) is 2. The molecule has 0 aromatic heterocycles. The zero-order chi connectivity index (χ0) is 24.8. The van der Waals surface area contributed by atoms with Crippen molar-refractivity contribution in [1.82, 2.24) is 0 Å². The van der Waals surface area contributed by atoms with Crippen LogP contribution in [0.25, 0.3) is 0 Å². The summed E-state index contributed by atoms with van der Waals surface area (Å²) in [5, 5.41) is 21.3. The Bertz CT molecular complexity index is 806. The molecule has 6 atom stereocenters. The summed E-state index contributed by atoms with van der Waals surface area (Å²) in [7, 11) is 0. The summed E-state index contributed by atoms with van der Waals surface area (Å²) in [5.41, 5.74) is 2.25. The van der Waals surface area contributed by atoms with Crippen molar-refractivity contribution >= 4 is 0 Å². The predicted octanol–water partition coefficient (Wildman–Crippen LogP) is 6.19. The minimum Gasteiger partial charge on any atom is -0.392 e. The van der Waals surface area contributed by atoms with E-state index in [1.807, 2.05) is 0 Å². The van der Waals surface area contributed by atoms with E-state index in [9.17, 15) is 10.2 Å². The van der Waals surface area contributed by atoms with E-state index in [1.54, 1.807) is 0 Å². The second-order valence-electron chi connectivity index (χ2n) is 12.8. The number of rotatable bonds is 9. The molecule has 4 rings (SSSR count). The van der Waals surface area contributed by atoms with E-state index in [1.165, 1.54) is 11.1 Å². The summed E-state index contributed by atoms with van der Waals surface area (Å²) in [6.45, 7) is 12.9. The number of epoxide rings is 2. The van der Waals surface area contributed by atoms with Crippen LogP contribution in [0.3, 0.4) is 0 Å². The average Bonchev–Trinajstić information content (AvgIpc) is 3.60. The van der Waals surface area contributed by atoms with Crippen LogP contribution >= 0.6 is 0 Å². The van der Waals surface area contributed by atoms with Gasteiger partial charge in [0.25, 0.3) is 0 Å².